The van der Waals surface area contributed by atoms with Crippen molar-refractivity contribution < 1.29 is 4.74 Å². The van der Waals surface area contributed by atoms with Crippen LogP contribution in [0, 0.1) is 0 Å². The van der Waals surface area contributed by atoms with Crippen LogP contribution >= 0.6 is 0 Å². The lowest BCUT2D eigenvalue weighted by molar-refractivity contribution is 0.236. The van der Waals surface area contributed by atoms with E-state index in [2.05, 4.69) is 4.90 Å². The minimum absolute atomic E-state index is 0.363. The third-order valence-corrected chi connectivity index (χ3v) is 2.73. The fraction of sp³-hybridized carbons (Fsp3) is 0.500. The number of rotatable bonds is 4. The fourth-order valence-electron chi connectivity index (χ4n) is 1.88. The maximum Gasteiger partial charge on any atom is 0.119 e. The zero-order valence-electron chi connectivity index (χ0n) is 8.93. The molecule has 3 nitrogen and oxygen atoms in total. The third kappa shape index (κ3) is 3.22. The molecule has 2 N–H and O–H groups in total. The molecule has 82 valence electrons. The van der Waals surface area contributed by atoms with E-state index in [9.17, 15) is 0 Å². The number of nitrogens with two attached hydrogens (primary N) is 1. The van der Waals surface area contributed by atoms with Gasteiger partial charge in [-0.3, -0.25) is 4.90 Å². The molecule has 0 amide bonds. The lowest BCUT2D eigenvalue weighted by Crippen LogP contribution is -2.29. The summed E-state index contributed by atoms with van der Waals surface area (Å²) >= 11 is 0. The first-order chi connectivity index (χ1) is 7.34. The zero-order chi connectivity index (χ0) is 10.5. The van der Waals surface area contributed by atoms with Crippen molar-refractivity contribution in [1.82, 2.24) is 4.90 Å². The predicted molar refractivity (Wildman–Crippen MR) is 61.0 cm³/mol. The van der Waals surface area contributed by atoms with Crippen LogP contribution in [0.2, 0.25) is 0 Å². The molecule has 1 aromatic carbocycles. The molecule has 1 aliphatic heterocycles. The van der Waals surface area contributed by atoms with Crippen LogP contribution in [0.4, 0.5) is 0 Å². The molecular weight excluding hydrogens is 188 g/mol. The number of para-hydroxylation sites is 1. The molecule has 0 aliphatic carbocycles. The molecule has 0 spiro atoms. The third-order valence-electron chi connectivity index (χ3n) is 2.73. The Morgan fingerprint density at radius 3 is 2.80 bits per heavy atom. The second-order valence-electron chi connectivity index (χ2n) is 4.01. The molecule has 0 radical (unpaired) electrons. The van der Waals surface area contributed by atoms with Gasteiger partial charge in [-0.2, -0.15) is 0 Å². The van der Waals surface area contributed by atoms with Crippen LogP contribution in [0.5, 0.6) is 5.75 Å². The van der Waals surface area contributed by atoms with Gasteiger partial charge in [0.05, 0.1) is 0 Å². The van der Waals surface area contributed by atoms with Crippen molar-refractivity contribution in [2.24, 2.45) is 5.73 Å². The van der Waals surface area contributed by atoms with Gasteiger partial charge in [-0.1, -0.05) is 18.2 Å². The minimum Gasteiger partial charge on any atom is -0.492 e. The van der Waals surface area contributed by atoms with Gasteiger partial charge in [0.1, 0.15) is 12.4 Å². The second-order valence-corrected chi connectivity index (χ2v) is 4.01. The van der Waals surface area contributed by atoms with Gasteiger partial charge >= 0.3 is 0 Å². The first-order valence-electron chi connectivity index (χ1n) is 5.50. The average molecular weight is 206 g/mol. The van der Waals surface area contributed by atoms with Crippen LogP contribution in [0.15, 0.2) is 30.3 Å². The second kappa shape index (κ2) is 5.14. The number of benzene rings is 1. The highest BCUT2D eigenvalue weighted by molar-refractivity contribution is 5.20. The lowest BCUT2D eigenvalue weighted by Gasteiger charge is -2.15. The van der Waals surface area contributed by atoms with E-state index >= 15 is 0 Å². The van der Waals surface area contributed by atoms with E-state index in [0.717, 1.165) is 38.4 Å². The summed E-state index contributed by atoms with van der Waals surface area (Å²) < 4.78 is 5.62. The van der Waals surface area contributed by atoms with Crippen molar-refractivity contribution in [3.05, 3.63) is 30.3 Å². The minimum atomic E-state index is 0.363. The largest absolute Gasteiger partial charge is 0.492 e. The monoisotopic (exact) mass is 206 g/mol. The van der Waals surface area contributed by atoms with Gasteiger partial charge in [-0.25, -0.2) is 0 Å². The van der Waals surface area contributed by atoms with Crippen molar-refractivity contribution in [1.29, 1.82) is 0 Å². The maximum atomic E-state index is 5.83. The summed E-state index contributed by atoms with van der Waals surface area (Å²) in [4.78, 5) is 2.35. The molecule has 1 fully saturated rings. The van der Waals surface area contributed by atoms with Crippen LogP contribution in [0.25, 0.3) is 0 Å². The Balaban J connectivity index is 1.67. The molecule has 1 saturated heterocycles. The molecule has 3 heteroatoms. The topological polar surface area (TPSA) is 38.5 Å². The lowest BCUT2D eigenvalue weighted by atomic mass is 10.3. The molecular formula is C12H18N2O. The van der Waals surface area contributed by atoms with Gasteiger partial charge in [-0.05, 0) is 25.1 Å². The number of nitrogens with zero attached hydrogens (tertiary/aromatic N) is 1. The summed E-state index contributed by atoms with van der Waals surface area (Å²) in [5.74, 6) is 0.945. The van der Waals surface area contributed by atoms with E-state index in [-0.39, 0.29) is 0 Å². The van der Waals surface area contributed by atoms with Gasteiger partial charge in [0.25, 0.3) is 0 Å². The van der Waals surface area contributed by atoms with Crippen molar-refractivity contribution >= 4 is 0 Å². The summed E-state index contributed by atoms with van der Waals surface area (Å²) in [6.07, 6.45) is 1.12. The normalized spacial score (nSPS) is 21.8. The smallest absolute Gasteiger partial charge is 0.119 e. The van der Waals surface area contributed by atoms with Crippen LogP contribution in [-0.4, -0.2) is 37.2 Å². The van der Waals surface area contributed by atoms with Crippen molar-refractivity contribution in [3.63, 3.8) is 0 Å². The average Bonchev–Trinajstić information content (AvgIpc) is 2.66. The summed E-state index contributed by atoms with van der Waals surface area (Å²) in [5, 5.41) is 0. The molecule has 0 aromatic heterocycles. The van der Waals surface area contributed by atoms with E-state index < -0.39 is 0 Å². The Labute approximate surface area is 90.8 Å². The van der Waals surface area contributed by atoms with Crippen LogP contribution < -0.4 is 10.5 Å². The van der Waals surface area contributed by atoms with E-state index in [1.54, 1.807) is 0 Å². The van der Waals surface area contributed by atoms with E-state index in [0.29, 0.717) is 6.04 Å². The van der Waals surface area contributed by atoms with Crippen LogP contribution in [-0.2, 0) is 0 Å². The van der Waals surface area contributed by atoms with Crippen LogP contribution in [0.1, 0.15) is 6.42 Å². The number of hydrogen-bond donors (Lipinski definition) is 1. The Morgan fingerprint density at radius 2 is 2.13 bits per heavy atom. The first kappa shape index (κ1) is 10.5. The highest BCUT2D eigenvalue weighted by Crippen LogP contribution is 2.09. The molecule has 1 atom stereocenters. The van der Waals surface area contributed by atoms with Crippen molar-refractivity contribution in [2.75, 3.05) is 26.2 Å². The van der Waals surface area contributed by atoms with Crippen molar-refractivity contribution in [2.45, 2.75) is 12.5 Å². The number of likely N-dealkylation sites (tertiary alicyclic amines) is 1. The van der Waals surface area contributed by atoms with Gasteiger partial charge in [0.15, 0.2) is 0 Å². The standard InChI is InChI=1S/C12H18N2O/c13-11-6-7-14(10-11)8-9-15-12-4-2-1-3-5-12/h1-5,11H,6-10,13H2. The molecule has 1 heterocycles. The van der Waals surface area contributed by atoms with Gasteiger partial charge < -0.3 is 10.5 Å². The summed E-state index contributed by atoms with van der Waals surface area (Å²) in [5.41, 5.74) is 5.83. The molecule has 1 aromatic rings. The highest BCUT2D eigenvalue weighted by atomic mass is 16.5. The molecule has 1 aliphatic rings. The highest BCUT2D eigenvalue weighted by Gasteiger charge is 2.18. The molecule has 2 rings (SSSR count). The Bertz CT molecular complexity index is 289. The SMILES string of the molecule is NC1CCN(CCOc2ccccc2)C1. The number of hydrogen-bond acceptors (Lipinski definition) is 3. The molecule has 0 bridgehead atoms. The van der Waals surface area contributed by atoms with Gasteiger partial charge in [0, 0.05) is 19.1 Å². The Morgan fingerprint density at radius 1 is 1.33 bits per heavy atom. The van der Waals surface area contributed by atoms with Crippen molar-refractivity contribution in [3.8, 4) is 5.75 Å². The summed E-state index contributed by atoms with van der Waals surface area (Å²) in [6, 6.07) is 10.3. The van der Waals surface area contributed by atoms with E-state index in [4.69, 9.17) is 10.5 Å². The molecule has 0 saturated carbocycles. The summed E-state index contributed by atoms with van der Waals surface area (Å²) in [7, 11) is 0. The fourth-order valence-corrected chi connectivity index (χ4v) is 1.88. The number of ether oxygens (including phenoxy) is 1. The van der Waals surface area contributed by atoms with Crippen LogP contribution in [0.3, 0.4) is 0 Å². The predicted octanol–water partition coefficient (Wildman–Crippen LogP) is 1.10. The van der Waals surface area contributed by atoms with Gasteiger partial charge in [-0.15, -0.1) is 0 Å². The zero-order valence-corrected chi connectivity index (χ0v) is 8.93. The quantitative estimate of drug-likeness (QED) is 0.801. The van der Waals surface area contributed by atoms with Gasteiger partial charge in [0.2, 0.25) is 0 Å². The maximum absolute atomic E-state index is 5.83. The Kier molecular flexibility index (Phi) is 3.59. The molecule has 1 unspecified atom stereocenters. The Hall–Kier alpha value is -1.06. The first-order valence-corrected chi connectivity index (χ1v) is 5.50. The molecule has 15 heavy (non-hydrogen) atoms. The van der Waals surface area contributed by atoms with E-state index in [1.165, 1.54) is 0 Å². The van der Waals surface area contributed by atoms with E-state index in [1.807, 2.05) is 30.3 Å². The summed E-state index contributed by atoms with van der Waals surface area (Å²) in [6.45, 7) is 3.84.